The van der Waals surface area contributed by atoms with Gasteiger partial charge in [0.15, 0.2) is 0 Å². The average molecular weight is 439 g/mol. The predicted octanol–water partition coefficient (Wildman–Crippen LogP) is 7.48. The van der Waals surface area contributed by atoms with E-state index in [4.69, 9.17) is 9.84 Å². The summed E-state index contributed by atoms with van der Waals surface area (Å²) in [6.45, 7) is 12.9. The minimum absolute atomic E-state index is 0.0151. The fourth-order valence-corrected chi connectivity index (χ4v) is 4.12. The quantitative estimate of drug-likeness (QED) is 0.338. The number of carboxylic acid groups (broad SMARTS) is 1. The molecule has 0 aromatic heterocycles. The third kappa shape index (κ3) is 5.59. The summed E-state index contributed by atoms with van der Waals surface area (Å²) in [6.07, 6.45) is 9.53. The molecule has 0 unspecified atom stereocenters. The number of carboxylic acids is 1. The molecular formula is C28H35FO3. The average Bonchev–Trinajstić information content (AvgIpc) is 3.53. The zero-order valence-corrected chi connectivity index (χ0v) is 20.1. The van der Waals surface area contributed by atoms with Crippen LogP contribution < -0.4 is 4.74 Å². The molecule has 1 N–H and O–H groups in total. The molecule has 0 heterocycles. The van der Waals surface area contributed by atoms with Crippen LogP contribution in [0.5, 0.6) is 5.75 Å². The van der Waals surface area contributed by atoms with Gasteiger partial charge in [0.05, 0.1) is 6.61 Å². The van der Waals surface area contributed by atoms with Crippen LogP contribution >= 0.6 is 0 Å². The summed E-state index contributed by atoms with van der Waals surface area (Å²) in [5, 5.41) is 8.87. The van der Waals surface area contributed by atoms with Crippen LogP contribution in [0.4, 0.5) is 4.39 Å². The molecule has 0 bridgehead atoms. The molecule has 3 nitrogen and oxygen atoms in total. The van der Waals surface area contributed by atoms with Crippen LogP contribution in [0, 0.1) is 11.8 Å². The van der Waals surface area contributed by atoms with Crippen molar-refractivity contribution >= 4 is 17.1 Å². The molecule has 0 atom stereocenters. The zero-order chi connectivity index (χ0) is 23.6. The highest BCUT2D eigenvalue weighted by atomic mass is 19.1. The maximum Gasteiger partial charge on any atom is 0.328 e. The van der Waals surface area contributed by atoms with E-state index in [2.05, 4.69) is 45.9 Å². The third-order valence-corrected chi connectivity index (χ3v) is 6.39. The van der Waals surface area contributed by atoms with Gasteiger partial charge in [0.1, 0.15) is 11.6 Å². The second kappa shape index (κ2) is 9.48. The van der Waals surface area contributed by atoms with Crippen molar-refractivity contribution in [3.05, 3.63) is 64.5 Å². The standard InChI is InChI=1S/C28H35FO3/c1-17(2)21-11-12-28(5,6)24-15-26(32-16-20-8-9-20)22(14-23(21)24)19(4)25(29)10-7-18(3)13-27(30)31/h7,10-11,13-15,17,20H,8-9,12,16H2,1-6H3,(H,30,31)/b10-7+,18-13+,25-19+. The number of fused-ring (bicyclic) bond motifs is 1. The topological polar surface area (TPSA) is 46.5 Å². The van der Waals surface area contributed by atoms with Gasteiger partial charge in [-0.05, 0) is 96.4 Å². The summed E-state index contributed by atoms with van der Waals surface area (Å²) in [5.74, 6) is 0.246. The molecule has 3 rings (SSSR count). The van der Waals surface area contributed by atoms with E-state index in [1.54, 1.807) is 13.8 Å². The first-order valence-corrected chi connectivity index (χ1v) is 11.5. The highest BCUT2D eigenvalue weighted by Gasteiger charge is 2.31. The van der Waals surface area contributed by atoms with E-state index >= 15 is 4.39 Å². The number of hydrogen-bond acceptors (Lipinski definition) is 2. The summed E-state index contributed by atoms with van der Waals surface area (Å²) in [4.78, 5) is 10.8. The molecule has 1 aromatic rings. The smallest absolute Gasteiger partial charge is 0.328 e. The number of carbonyl (C=O) groups is 1. The SMILES string of the molecule is CC(/C=C/C(F)=C(/C)c1cc2c(cc1OCC1CC1)C(C)(C)CC=C2C(C)C)=C\C(=O)O. The molecule has 0 amide bonds. The molecule has 172 valence electrons. The van der Waals surface area contributed by atoms with E-state index in [9.17, 15) is 4.79 Å². The van der Waals surface area contributed by atoms with Crippen LogP contribution in [0.1, 0.15) is 77.5 Å². The fraction of sp³-hybridized carbons (Fsp3) is 0.464. The molecule has 1 saturated carbocycles. The van der Waals surface area contributed by atoms with Gasteiger partial charge in [-0.25, -0.2) is 9.18 Å². The maximum atomic E-state index is 15.2. The van der Waals surface area contributed by atoms with Crippen molar-refractivity contribution in [2.75, 3.05) is 6.61 Å². The van der Waals surface area contributed by atoms with Crippen molar-refractivity contribution in [1.82, 2.24) is 0 Å². The van der Waals surface area contributed by atoms with Crippen LogP contribution in [-0.2, 0) is 10.2 Å². The van der Waals surface area contributed by atoms with Gasteiger partial charge < -0.3 is 9.84 Å². The second-order valence-corrected chi connectivity index (χ2v) is 10.1. The Morgan fingerprint density at radius 2 is 1.94 bits per heavy atom. The Hall–Kier alpha value is -2.62. The fourth-order valence-electron chi connectivity index (χ4n) is 4.12. The lowest BCUT2D eigenvalue weighted by molar-refractivity contribution is -0.131. The van der Waals surface area contributed by atoms with Crippen LogP contribution in [0.2, 0.25) is 0 Å². The highest BCUT2D eigenvalue weighted by Crippen LogP contribution is 2.46. The monoisotopic (exact) mass is 438 g/mol. The number of rotatable bonds is 8. The highest BCUT2D eigenvalue weighted by molar-refractivity contribution is 5.82. The molecule has 4 heteroatoms. The van der Waals surface area contributed by atoms with Crippen molar-refractivity contribution in [3.8, 4) is 5.75 Å². The normalized spacial score (nSPS) is 19.0. The van der Waals surface area contributed by atoms with Crippen LogP contribution in [0.3, 0.4) is 0 Å². The number of hydrogen-bond donors (Lipinski definition) is 1. The van der Waals surface area contributed by atoms with Gasteiger partial charge in [0, 0.05) is 11.6 Å². The van der Waals surface area contributed by atoms with Gasteiger partial charge in [-0.1, -0.05) is 39.8 Å². The molecule has 2 aliphatic carbocycles. The summed E-state index contributed by atoms with van der Waals surface area (Å²) in [7, 11) is 0. The minimum Gasteiger partial charge on any atom is -0.493 e. The van der Waals surface area contributed by atoms with Gasteiger partial charge in [0.25, 0.3) is 0 Å². The Kier molecular flexibility index (Phi) is 7.12. The van der Waals surface area contributed by atoms with E-state index in [0.717, 1.165) is 23.8 Å². The first-order valence-electron chi connectivity index (χ1n) is 11.5. The summed E-state index contributed by atoms with van der Waals surface area (Å²) in [5.41, 5.74) is 5.42. The molecular weight excluding hydrogens is 403 g/mol. The first-order chi connectivity index (χ1) is 15.0. The molecule has 1 aromatic carbocycles. The minimum atomic E-state index is -1.05. The number of halogens is 1. The van der Waals surface area contributed by atoms with E-state index in [1.807, 2.05) is 0 Å². The van der Waals surface area contributed by atoms with Crippen LogP contribution in [-0.4, -0.2) is 17.7 Å². The molecule has 32 heavy (non-hydrogen) atoms. The Bertz CT molecular complexity index is 1020. The lowest BCUT2D eigenvalue weighted by Crippen LogP contribution is -2.23. The number of allylic oxidation sites excluding steroid dienone is 7. The Morgan fingerprint density at radius 3 is 2.53 bits per heavy atom. The van der Waals surface area contributed by atoms with Crippen molar-refractivity contribution in [3.63, 3.8) is 0 Å². The predicted molar refractivity (Wildman–Crippen MR) is 129 cm³/mol. The van der Waals surface area contributed by atoms with Gasteiger partial charge in [-0.3, -0.25) is 0 Å². The number of aliphatic carboxylic acids is 1. The van der Waals surface area contributed by atoms with Crippen molar-refractivity contribution in [2.24, 2.45) is 11.8 Å². The molecule has 2 aliphatic rings. The summed E-state index contributed by atoms with van der Waals surface area (Å²) >= 11 is 0. The Morgan fingerprint density at radius 1 is 1.25 bits per heavy atom. The van der Waals surface area contributed by atoms with Crippen LogP contribution in [0.25, 0.3) is 11.1 Å². The maximum absolute atomic E-state index is 15.2. The summed E-state index contributed by atoms with van der Waals surface area (Å²) < 4.78 is 21.4. The van der Waals surface area contributed by atoms with Crippen molar-refractivity contribution in [1.29, 1.82) is 0 Å². The molecule has 1 fully saturated rings. The largest absolute Gasteiger partial charge is 0.493 e. The molecule has 0 spiro atoms. The number of benzene rings is 1. The van der Waals surface area contributed by atoms with Gasteiger partial charge in [-0.2, -0.15) is 0 Å². The van der Waals surface area contributed by atoms with E-state index in [1.165, 1.54) is 41.7 Å². The third-order valence-electron chi connectivity index (χ3n) is 6.39. The lowest BCUT2D eigenvalue weighted by Gasteiger charge is -2.34. The van der Waals surface area contributed by atoms with Gasteiger partial charge in [0.2, 0.25) is 0 Å². The number of ether oxygens (including phenoxy) is 1. The van der Waals surface area contributed by atoms with E-state index in [-0.39, 0.29) is 5.41 Å². The lowest BCUT2D eigenvalue weighted by atomic mass is 9.70. The van der Waals surface area contributed by atoms with E-state index < -0.39 is 11.8 Å². The van der Waals surface area contributed by atoms with Gasteiger partial charge in [-0.15, -0.1) is 0 Å². The second-order valence-electron chi connectivity index (χ2n) is 10.1. The Labute approximate surface area is 191 Å². The first kappa shape index (κ1) is 24.0. The zero-order valence-electron chi connectivity index (χ0n) is 20.1. The van der Waals surface area contributed by atoms with Crippen molar-refractivity contribution < 1.29 is 19.0 Å². The summed E-state index contributed by atoms with van der Waals surface area (Å²) in [6, 6.07) is 4.21. The molecule has 0 aliphatic heterocycles. The molecule has 0 radical (unpaired) electrons. The van der Waals surface area contributed by atoms with E-state index in [0.29, 0.717) is 29.6 Å². The van der Waals surface area contributed by atoms with Crippen molar-refractivity contribution in [2.45, 2.75) is 66.2 Å². The van der Waals surface area contributed by atoms with Crippen LogP contribution in [0.15, 0.2) is 47.8 Å². The Balaban J connectivity index is 2.10. The molecule has 0 saturated heterocycles. The van der Waals surface area contributed by atoms with Gasteiger partial charge >= 0.3 is 5.97 Å².